The van der Waals surface area contributed by atoms with Gasteiger partial charge in [0.1, 0.15) is 0 Å². The van der Waals surface area contributed by atoms with E-state index in [0.29, 0.717) is 5.41 Å². The van der Waals surface area contributed by atoms with Crippen molar-refractivity contribution >= 4 is 0 Å². The van der Waals surface area contributed by atoms with Crippen molar-refractivity contribution in [2.45, 2.75) is 104 Å². The van der Waals surface area contributed by atoms with Crippen LogP contribution in [0.1, 0.15) is 104 Å². The van der Waals surface area contributed by atoms with Gasteiger partial charge in [-0.15, -0.1) is 0 Å². The molecule has 0 atom stereocenters. The smallest absolute Gasteiger partial charge is 0.00773 e. The van der Waals surface area contributed by atoms with Crippen LogP contribution in [0.3, 0.4) is 0 Å². The molecule has 0 spiro atoms. The van der Waals surface area contributed by atoms with E-state index in [0.717, 1.165) is 6.54 Å². The van der Waals surface area contributed by atoms with E-state index >= 15 is 0 Å². The largest absolute Gasteiger partial charge is 0.330 e. The fourth-order valence-corrected chi connectivity index (χ4v) is 3.23. The van der Waals surface area contributed by atoms with E-state index in [1.165, 1.54) is 83.5 Å². The second kappa shape index (κ2) is 13.0. The molecule has 0 fully saturated rings. The van der Waals surface area contributed by atoms with Crippen molar-refractivity contribution in [1.29, 1.82) is 0 Å². The molecule has 0 aromatic rings. The van der Waals surface area contributed by atoms with E-state index in [4.69, 9.17) is 5.73 Å². The number of unbranched alkanes of at least 4 members (excludes halogenated alkanes) is 5. The normalized spacial score (nSPS) is 12.0. The van der Waals surface area contributed by atoms with Gasteiger partial charge in [0.05, 0.1) is 0 Å². The summed E-state index contributed by atoms with van der Waals surface area (Å²) in [5.41, 5.74) is 6.28. The third-order valence-electron chi connectivity index (χ3n) is 4.59. The molecule has 0 aliphatic heterocycles. The number of rotatable bonds is 14. The molecule has 0 aliphatic rings. The summed E-state index contributed by atoms with van der Waals surface area (Å²) in [6.45, 7) is 7.86. The van der Waals surface area contributed by atoms with Crippen LogP contribution in [0.2, 0.25) is 0 Å². The zero-order valence-corrected chi connectivity index (χ0v) is 14.0. The second-order valence-electron chi connectivity index (χ2n) is 6.41. The number of nitrogens with two attached hydrogens (primary N) is 1. The topological polar surface area (TPSA) is 26.0 Å². The van der Waals surface area contributed by atoms with E-state index in [1.54, 1.807) is 0 Å². The summed E-state index contributed by atoms with van der Waals surface area (Å²) in [7, 11) is 0. The maximum absolute atomic E-state index is 5.62. The van der Waals surface area contributed by atoms with Crippen LogP contribution in [0.5, 0.6) is 0 Å². The van der Waals surface area contributed by atoms with E-state index in [9.17, 15) is 0 Å². The zero-order valence-electron chi connectivity index (χ0n) is 14.0. The summed E-state index contributed by atoms with van der Waals surface area (Å²) in [5, 5.41) is 0. The van der Waals surface area contributed by atoms with Crippen molar-refractivity contribution in [2.75, 3.05) is 6.54 Å². The second-order valence-corrected chi connectivity index (χ2v) is 6.41. The molecule has 1 nitrogen and oxygen atoms in total. The van der Waals surface area contributed by atoms with Gasteiger partial charge in [0.25, 0.3) is 0 Å². The Bertz CT molecular complexity index is 155. The Morgan fingerprint density at radius 2 is 1.00 bits per heavy atom. The van der Waals surface area contributed by atoms with Gasteiger partial charge in [-0.3, -0.25) is 0 Å². The van der Waals surface area contributed by atoms with Crippen LogP contribution in [-0.4, -0.2) is 6.54 Å². The molecule has 0 heterocycles. The lowest BCUT2D eigenvalue weighted by atomic mass is 9.71. The fourth-order valence-electron chi connectivity index (χ4n) is 3.23. The quantitative estimate of drug-likeness (QED) is 0.381. The highest BCUT2D eigenvalue weighted by Crippen LogP contribution is 2.41. The van der Waals surface area contributed by atoms with Crippen molar-refractivity contribution in [3.63, 3.8) is 0 Å². The van der Waals surface area contributed by atoms with Crippen LogP contribution in [0.4, 0.5) is 0 Å². The summed E-state index contributed by atoms with van der Waals surface area (Å²) in [4.78, 5) is 0. The lowest BCUT2D eigenvalue weighted by molar-refractivity contribution is 0.176. The summed E-state index contributed by atoms with van der Waals surface area (Å²) < 4.78 is 0. The number of hydrogen-bond acceptors (Lipinski definition) is 1. The Morgan fingerprint density at radius 1 is 0.579 bits per heavy atom. The summed E-state index contributed by atoms with van der Waals surface area (Å²) in [6.07, 6.45) is 18.1. The Morgan fingerprint density at radius 3 is 1.37 bits per heavy atom. The molecule has 0 bridgehead atoms. The summed E-state index contributed by atoms with van der Waals surface area (Å²) >= 11 is 0. The van der Waals surface area contributed by atoms with Crippen molar-refractivity contribution in [1.82, 2.24) is 0 Å². The van der Waals surface area contributed by atoms with Crippen molar-refractivity contribution in [2.24, 2.45) is 11.1 Å². The minimum atomic E-state index is 0.663. The lowest BCUT2D eigenvalue weighted by Crippen LogP contribution is -2.21. The molecule has 0 unspecified atom stereocenters. The van der Waals surface area contributed by atoms with Crippen molar-refractivity contribution in [3.05, 3.63) is 0 Å². The van der Waals surface area contributed by atoms with Crippen LogP contribution in [0.25, 0.3) is 0 Å². The lowest BCUT2D eigenvalue weighted by Gasteiger charge is -2.35. The molecule has 0 aromatic heterocycles. The molecular weight excluding hydrogens is 230 g/mol. The van der Waals surface area contributed by atoms with Gasteiger partial charge < -0.3 is 5.73 Å². The van der Waals surface area contributed by atoms with Crippen LogP contribution in [0.15, 0.2) is 0 Å². The van der Waals surface area contributed by atoms with E-state index < -0.39 is 0 Å². The summed E-state index contributed by atoms with van der Waals surface area (Å²) in [6, 6.07) is 0. The molecule has 0 saturated heterocycles. The molecule has 0 aliphatic carbocycles. The fraction of sp³-hybridized carbons (Fsp3) is 1.00. The van der Waals surface area contributed by atoms with Gasteiger partial charge in [-0.1, -0.05) is 72.1 Å². The highest BCUT2D eigenvalue weighted by Gasteiger charge is 2.27. The van der Waals surface area contributed by atoms with Crippen LogP contribution in [-0.2, 0) is 0 Å². The Kier molecular flexibility index (Phi) is 12.9. The van der Waals surface area contributed by atoms with Gasteiger partial charge in [0.2, 0.25) is 0 Å². The van der Waals surface area contributed by atoms with E-state index in [1.807, 2.05) is 0 Å². The van der Waals surface area contributed by atoms with Crippen LogP contribution < -0.4 is 5.73 Å². The molecule has 0 aromatic carbocycles. The van der Waals surface area contributed by atoms with Crippen molar-refractivity contribution < 1.29 is 0 Å². The molecule has 0 amide bonds. The molecule has 0 radical (unpaired) electrons. The predicted octanol–water partition coefficient (Wildman–Crippen LogP) is 6.06. The molecule has 19 heavy (non-hydrogen) atoms. The van der Waals surface area contributed by atoms with Gasteiger partial charge in [-0.05, 0) is 44.1 Å². The molecule has 1 heteroatoms. The van der Waals surface area contributed by atoms with Gasteiger partial charge in [-0.2, -0.15) is 0 Å². The highest BCUT2D eigenvalue weighted by atomic mass is 14.5. The van der Waals surface area contributed by atoms with E-state index in [2.05, 4.69) is 20.8 Å². The molecule has 0 saturated carbocycles. The Labute approximate surface area is 122 Å². The van der Waals surface area contributed by atoms with Gasteiger partial charge in [0.15, 0.2) is 0 Å². The highest BCUT2D eigenvalue weighted by molar-refractivity contribution is 4.79. The first kappa shape index (κ1) is 19.0. The van der Waals surface area contributed by atoms with Crippen LogP contribution >= 0.6 is 0 Å². The first-order valence-corrected chi connectivity index (χ1v) is 8.94. The van der Waals surface area contributed by atoms with Gasteiger partial charge in [-0.25, -0.2) is 0 Å². The monoisotopic (exact) mass is 269 g/mol. The average molecular weight is 270 g/mol. The molecule has 116 valence electrons. The maximum atomic E-state index is 5.62. The maximum Gasteiger partial charge on any atom is -0.00773 e. The first-order valence-electron chi connectivity index (χ1n) is 8.94. The van der Waals surface area contributed by atoms with Crippen LogP contribution in [0, 0.1) is 5.41 Å². The zero-order chi connectivity index (χ0) is 14.4. The minimum absolute atomic E-state index is 0.663. The minimum Gasteiger partial charge on any atom is -0.330 e. The first-order chi connectivity index (χ1) is 9.24. The molecule has 2 N–H and O–H groups in total. The molecular formula is C18H39N. The Hall–Kier alpha value is -0.0400. The molecule has 0 rings (SSSR count). The predicted molar refractivity (Wildman–Crippen MR) is 88.5 cm³/mol. The third kappa shape index (κ3) is 9.49. The van der Waals surface area contributed by atoms with E-state index in [-0.39, 0.29) is 0 Å². The van der Waals surface area contributed by atoms with Gasteiger partial charge >= 0.3 is 0 Å². The van der Waals surface area contributed by atoms with Gasteiger partial charge in [0, 0.05) is 0 Å². The summed E-state index contributed by atoms with van der Waals surface area (Å²) in [5.74, 6) is 0. The third-order valence-corrected chi connectivity index (χ3v) is 4.59. The standard InChI is InChI=1S/C18H39N/c1-4-7-13-18(14-8-5-2,15-9-6-3)16-11-10-12-17-19/h4-17,19H2,1-3H3. The SMILES string of the molecule is CCCCC(CCCC)(CCCC)CCCCCN. The average Bonchev–Trinajstić information content (AvgIpc) is 2.44. The Balaban J connectivity index is 4.38. The number of hydrogen-bond donors (Lipinski definition) is 1. The van der Waals surface area contributed by atoms with Crippen molar-refractivity contribution in [3.8, 4) is 0 Å².